The van der Waals surface area contributed by atoms with Crippen molar-refractivity contribution < 1.29 is 4.79 Å². The van der Waals surface area contributed by atoms with Crippen LogP contribution in [0.5, 0.6) is 0 Å². The maximum atomic E-state index is 12.4. The van der Waals surface area contributed by atoms with Crippen molar-refractivity contribution in [3.05, 3.63) is 64.4 Å². The number of carbonyl (C=O) groups is 1. The van der Waals surface area contributed by atoms with Crippen LogP contribution in [-0.2, 0) is 0 Å². The van der Waals surface area contributed by atoms with Crippen molar-refractivity contribution in [3.63, 3.8) is 0 Å². The smallest absolute Gasteiger partial charge is 0.259 e. The number of fused-ring (bicyclic) bond motifs is 1. The minimum atomic E-state index is -0.160. The molecule has 5 heteroatoms. The van der Waals surface area contributed by atoms with Crippen LogP contribution in [0.3, 0.4) is 0 Å². The third-order valence-electron chi connectivity index (χ3n) is 3.12. The van der Waals surface area contributed by atoms with Crippen LogP contribution in [0, 0.1) is 6.92 Å². The van der Waals surface area contributed by atoms with Crippen LogP contribution in [-0.4, -0.2) is 15.5 Å². The molecule has 1 aromatic carbocycles. The van der Waals surface area contributed by atoms with Gasteiger partial charge in [-0.3, -0.25) is 4.79 Å². The van der Waals surface area contributed by atoms with Gasteiger partial charge in [0.2, 0.25) is 0 Å². The predicted molar refractivity (Wildman–Crippen MR) is 82.0 cm³/mol. The summed E-state index contributed by atoms with van der Waals surface area (Å²) >= 11 is 3.41. The second-order valence-electron chi connectivity index (χ2n) is 4.50. The molecule has 100 valence electrons. The molecule has 1 amide bonds. The van der Waals surface area contributed by atoms with E-state index in [4.69, 9.17) is 0 Å². The number of anilines is 1. The van der Waals surface area contributed by atoms with Crippen LogP contribution in [0.15, 0.2) is 53.3 Å². The summed E-state index contributed by atoms with van der Waals surface area (Å²) in [6, 6.07) is 11.4. The molecule has 0 bridgehead atoms. The molecule has 4 nitrogen and oxygen atoms in total. The van der Waals surface area contributed by atoms with Gasteiger partial charge < -0.3 is 5.32 Å². The van der Waals surface area contributed by atoms with Crippen LogP contribution in [0.4, 0.5) is 5.69 Å². The Balaban J connectivity index is 1.95. The zero-order valence-corrected chi connectivity index (χ0v) is 12.4. The number of pyridine rings is 1. The standard InChI is InChI=1S/C15H12BrN3O/c1-10-5-6-11(16)8-13(10)18-15(20)12-9-17-19-7-3-2-4-14(12)19/h2-9H,1H3,(H,18,20). The van der Waals surface area contributed by atoms with Crippen molar-refractivity contribution >= 4 is 33.0 Å². The number of hydrogen-bond acceptors (Lipinski definition) is 2. The second-order valence-corrected chi connectivity index (χ2v) is 5.42. The Bertz CT molecular complexity index is 795. The number of nitrogens with zero attached hydrogens (tertiary/aromatic N) is 2. The second kappa shape index (κ2) is 5.09. The molecule has 0 aliphatic rings. The lowest BCUT2D eigenvalue weighted by atomic mass is 10.2. The van der Waals surface area contributed by atoms with Crippen molar-refractivity contribution in [2.75, 3.05) is 5.32 Å². The summed E-state index contributed by atoms with van der Waals surface area (Å²) in [6.45, 7) is 1.96. The molecule has 0 saturated heterocycles. The van der Waals surface area contributed by atoms with E-state index in [1.165, 1.54) is 0 Å². The van der Waals surface area contributed by atoms with Crippen molar-refractivity contribution in [2.24, 2.45) is 0 Å². The van der Waals surface area contributed by atoms with Crippen molar-refractivity contribution in [1.29, 1.82) is 0 Å². The average Bonchev–Trinajstić information content (AvgIpc) is 2.87. The third-order valence-corrected chi connectivity index (χ3v) is 3.61. The molecular formula is C15H12BrN3O. The number of rotatable bonds is 2. The van der Waals surface area contributed by atoms with Gasteiger partial charge in [0.1, 0.15) is 0 Å². The van der Waals surface area contributed by atoms with E-state index in [-0.39, 0.29) is 5.91 Å². The first-order valence-electron chi connectivity index (χ1n) is 6.15. The predicted octanol–water partition coefficient (Wildman–Crippen LogP) is 3.66. The molecule has 2 heterocycles. The lowest BCUT2D eigenvalue weighted by Gasteiger charge is -2.08. The minimum Gasteiger partial charge on any atom is -0.322 e. The molecule has 0 radical (unpaired) electrons. The normalized spacial score (nSPS) is 10.7. The van der Waals surface area contributed by atoms with Crippen LogP contribution in [0.1, 0.15) is 15.9 Å². The summed E-state index contributed by atoms with van der Waals surface area (Å²) in [4.78, 5) is 12.4. The first kappa shape index (κ1) is 12.9. The summed E-state index contributed by atoms with van der Waals surface area (Å²) in [5.74, 6) is -0.160. The fourth-order valence-electron chi connectivity index (χ4n) is 2.03. The number of nitrogens with one attached hydrogen (secondary N) is 1. The Morgan fingerprint density at radius 2 is 2.15 bits per heavy atom. The van der Waals surface area contributed by atoms with Gasteiger partial charge in [-0.1, -0.05) is 28.1 Å². The van der Waals surface area contributed by atoms with Gasteiger partial charge in [0.15, 0.2) is 0 Å². The number of halogens is 1. The highest BCUT2D eigenvalue weighted by Gasteiger charge is 2.13. The number of aromatic nitrogens is 2. The van der Waals surface area contributed by atoms with Gasteiger partial charge in [0.25, 0.3) is 5.91 Å². The molecule has 0 aliphatic heterocycles. The quantitative estimate of drug-likeness (QED) is 0.779. The zero-order chi connectivity index (χ0) is 14.1. The van der Waals surface area contributed by atoms with Gasteiger partial charge in [0.05, 0.1) is 17.3 Å². The van der Waals surface area contributed by atoms with Gasteiger partial charge >= 0.3 is 0 Å². The molecule has 0 spiro atoms. The van der Waals surface area contributed by atoms with Crippen LogP contribution in [0.2, 0.25) is 0 Å². The average molecular weight is 330 g/mol. The van der Waals surface area contributed by atoms with Gasteiger partial charge in [-0.25, -0.2) is 4.52 Å². The Morgan fingerprint density at radius 1 is 1.30 bits per heavy atom. The summed E-state index contributed by atoms with van der Waals surface area (Å²) in [5, 5.41) is 7.09. The molecule has 0 aliphatic carbocycles. The summed E-state index contributed by atoms with van der Waals surface area (Å²) in [7, 11) is 0. The maximum absolute atomic E-state index is 12.4. The molecule has 20 heavy (non-hydrogen) atoms. The molecule has 2 aromatic heterocycles. The van der Waals surface area contributed by atoms with Crippen molar-refractivity contribution in [3.8, 4) is 0 Å². The highest BCUT2D eigenvalue weighted by atomic mass is 79.9. The van der Waals surface area contributed by atoms with Crippen LogP contribution < -0.4 is 5.32 Å². The fraction of sp³-hybridized carbons (Fsp3) is 0.0667. The molecule has 0 atom stereocenters. The Kier molecular flexibility index (Phi) is 3.28. The molecular weight excluding hydrogens is 318 g/mol. The highest BCUT2D eigenvalue weighted by Crippen LogP contribution is 2.22. The van der Waals surface area contributed by atoms with E-state index in [1.54, 1.807) is 10.7 Å². The van der Waals surface area contributed by atoms with E-state index < -0.39 is 0 Å². The SMILES string of the molecule is Cc1ccc(Br)cc1NC(=O)c1cnn2ccccc12. The number of aryl methyl sites for hydroxylation is 1. The van der Waals surface area contributed by atoms with E-state index in [2.05, 4.69) is 26.3 Å². The van der Waals surface area contributed by atoms with Crippen molar-refractivity contribution in [1.82, 2.24) is 9.61 Å². The minimum absolute atomic E-state index is 0.160. The first-order chi connectivity index (χ1) is 9.65. The number of hydrogen-bond donors (Lipinski definition) is 1. The van der Waals surface area contributed by atoms with Crippen molar-refractivity contribution in [2.45, 2.75) is 6.92 Å². The molecule has 0 saturated carbocycles. The summed E-state index contributed by atoms with van der Waals surface area (Å²) in [5.41, 5.74) is 3.15. The monoisotopic (exact) mass is 329 g/mol. The van der Waals surface area contributed by atoms with Gasteiger partial charge in [-0.15, -0.1) is 0 Å². The number of amides is 1. The molecule has 3 aromatic rings. The third kappa shape index (κ3) is 2.32. The largest absolute Gasteiger partial charge is 0.322 e. The van der Waals surface area contributed by atoms with E-state index in [1.807, 2.05) is 49.5 Å². The van der Waals surface area contributed by atoms with Gasteiger partial charge in [0, 0.05) is 16.4 Å². The van der Waals surface area contributed by atoms with Crippen LogP contribution in [0.25, 0.3) is 5.52 Å². The molecule has 3 rings (SSSR count). The molecule has 0 fully saturated rings. The fourth-order valence-corrected chi connectivity index (χ4v) is 2.39. The number of carbonyl (C=O) groups excluding carboxylic acids is 1. The summed E-state index contributed by atoms with van der Waals surface area (Å²) < 4.78 is 2.61. The number of benzene rings is 1. The van der Waals surface area contributed by atoms with Gasteiger partial charge in [-0.05, 0) is 36.8 Å². The van der Waals surface area contributed by atoms with Gasteiger partial charge in [-0.2, -0.15) is 5.10 Å². The zero-order valence-electron chi connectivity index (χ0n) is 10.8. The van der Waals surface area contributed by atoms with E-state index in [0.29, 0.717) is 5.56 Å². The van der Waals surface area contributed by atoms with E-state index in [9.17, 15) is 4.79 Å². The lowest BCUT2D eigenvalue weighted by molar-refractivity contribution is 0.102. The first-order valence-corrected chi connectivity index (χ1v) is 6.94. The Morgan fingerprint density at radius 3 is 3.00 bits per heavy atom. The maximum Gasteiger partial charge on any atom is 0.259 e. The molecule has 0 unspecified atom stereocenters. The van der Waals surface area contributed by atoms with Crippen LogP contribution >= 0.6 is 15.9 Å². The topological polar surface area (TPSA) is 46.4 Å². The Labute approximate surface area is 124 Å². The van der Waals surface area contributed by atoms with E-state index in [0.717, 1.165) is 21.2 Å². The lowest BCUT2D eigenvalue weighted by Crippen LogP contribution is -2.12. The molecule has 1 N–H and O–H groups in total. The Hall–Kier alpha value is -2.14. The van der Waals surface area contributed by atoms with E-state index >= 15 is 0 Å². The summed E-state index contributed by atoms with van der Waals surface area (Å²) in [6.07, 6.45) is 3.40. The highest BCUT2D eigenvalue weighted by molar-refractivity contribution is 9.10.